The van der Waals surface area contributed by atoms with Gasteiger partial charge in [-0.25, -0.2) is 13.1 Å². The molecule has 20 heavy (non-hydrogen) atoms. The molecular formula is C14H27N3O2S. The summed E-state index contributed by atoms with van der Waals surface area (Å²) in [5.74, 6) is 0. The number of hydrogen-bond donors (Lipinski definition) is 2. The van der Waals surface area contributed by atoms with Gasteiger partial charge < -0.3 is 10.3 Å². The summed E-state index contributed by atoms with van der Waals surface area (Å²) < 4.78 is 29.6. The first-order valence-corrected chi connectivity index (χ1v) is 8.67. The standard InChI is InChI=1S/C14H27N3O2S/c1-5-7-14(3,4)16-20(18,19)13-9-12(10-15)17(11-13)8-6-2/h9,11,16H,5-8,10,15H2,1-4H3. The average Bonchev–Trinajstić information content (AvgIpc) is 2.72. The summed E-state index contributed by atoms with van der Waals surface area (Å²) in [6, 6.07) is 1.67. The topological polar surface area (TPSA) is 77.1 Å². The van der Waals surface area contributed by atoms with Crippen LogP contribution < -0.4 is 10.5 Å². The Labute approximate surface area is 122 Å². The van der Waals surface area contributed by atoms with Gasteiger partial charge in [0.05, 0.1) is 4.90 Å². The molecular weight excluding hydrogens is 274 g/mol. The second-order valence-corrected chi connectivity index (χ2v) is 7.49. The highest BCUT2D eigenvalue weighted by molar-refractivity contribution is 7.89. The molecule has 1 heterocycles. The van der Waals surface area contributed by atoms with E-state index in [1.54, 1.807) is 12.3 Å². The third-order valence-corrected chi connectivity index (χ3v) is 4.90. The number of rotatable bonds is 8. The predicted octanol–water partition coefficient (Wildman–Crippen LogP) is 2.21. The fourth-order valence-corrected chi connectivity index (χ4v) is 3.90. The second kappa shape index (κ2) is 6.74. The summed E-state index contributed by atoms with van der Waals surface area (Å²) in [4.78, 5) is 0.301. The number of aromatic nitrogens is 1. The Morgan fingerprint density at radius 3 is 2.45 bits per heavy atom. The maximum Gasteiger partial charge on any atom is 0.242 e. The summed E-state index contributed by atoms with van der Waals surface area (Å²) in [6.07, 6.45) is 4.35. The largest absolute Gasteiger partial charge is 0.349 e. The first kappa shape index (κ1) is 17.2. The van der Waals surface area contributed by atoms with Crippen molar-refractivity contribution in [2.24, 2.45) is 5.73 Å². The summed E-state index contributed by atoms with van der Waals surface area (Å²) in [6.45, 7) is 9.02. The lowest BCUT2D eigenvalue weighted by molar-refractivity contribution is 0.417. The highest BCUT2D eigenvalue weighted by Crippen LogP contribution is 2.19. The van der Waals surface area contributed by atoms with Crippen molar-refractivity contribution in [1.82, 2.24) is 9.29 Å². The van der Waals surface area contributed by atoms with Crippen molar-refractivity contribution in [3.63, 3.8) is 0 Å². The SMILES string of the molecule is CCCn1cc(S(=O)(=O)NC(C)(C)CCC)cc1CN. The van der Waals surface area contributed by atoms with Crippen molar-refractivity contribution in [2.45, 2.75) is 70.5 Å². The molecule has 0 atom stereocenters. The van der Waals surface area contributed by atoms with Crippen LogP contribution in [0.25, 0.3) is 0 Å². The Kier molecular flexibility index (Phi) is 5.79. The molecule has 0 bridgehead atoms. The lowest BCUT2D eigenvalue weighted by atomic mass is 10.0. The molecule has 0 saturated carbocycles. The molecule has 0 aromatic carbocycles. The van der Waals surface area contributed by atoms with Gasteiger partial charge in [0, 0.05) is 30.5 Å². The van der Waals surface area contributed by atoms with Crippen LogP contribution in [0.4, 0.5) is 0 Å². The number of nitrogens with zero attached hydrogens (tertiary/aromatic N) is 1. The fourth-order valence-electron chi connectivity index (χ4n) is 2.39. The van der Waals surface area contributed by atoms with E-state index >= 15 is 0 Å². The predicted molar refractivity (Wildman–Crippen MR) is 81.9 cm³/mol. The van der Waals surface area contributed by atoms with Crippen LogP contribution in [-0.2, 0) is 23.1 Å². The molecule has 0 fully saturated rings. The quantitative estimate of drug-likeness (QED) is 0.773. The lowest BCUT2D eigenvalue weighted by Crippen LogP contribution is -2.43. The van der Waals surface area contributed by atoms with E-state index in [1.165, 1.54) is 0 Å². The van der Waals surface area contributed by atoms with Crippen molar-refractivity contribution < 1.29 is 8.42 Å². The zero-order valence-electron chi connectivity index (χ0n) is 12.9. The minimum atomic E-state index is -3.50. The van der Waals surface area contributed by atoms with E-state index in [0.29, 0.717) is 11.4 Å². The Hall–Kier alpha value is -0.850. The normalized spacial score (nSPS) is 12.8. The Morgan fingerprint density at radius 2 is 1.95 bits per heavy atom. The second-order valence-electron chi connectivity index (χ2n) is 5.80. The molecule has 0 radical (unpaired) electrons. The third-order valence-electron chi connectivity index (χ3n) is 3.23. The first-order valence-electron chi connectivity index (χ1n) is 7.19. The number of aryl methyl sites for hydroxylation is 1. The van der Waals surface area contributed by atoms with Crippen molar-refractivity contribution in [3.8, 4) is 0 Å². The molecule has 1 aromatic rings. The van der Waals surface area contributed by atoms with E-state index in [9.17, 15) is 8.42 Å². The molecule has 5 nitrogen and oxygen atoms in total. The van der Waals surface area contributed by atoms with Crippen molar-refractivity contribution in [2.75, 3.05) is 0 Å². The van der Waals surface area contributed by atoms with Gasteiger partial charge >= 0.3 is 0 Å². The van der Waals surface area contributed by atoms with Crippen molar-refractivity contribution in [3.05, 3.63) is 18.0 Å². The van der Waals surface area contributed by atoms with Crippen LogP contribution in [0.5, 0.6) is 0 Å². The zero-order chi connectivity index (χ0) is 15.4. The molecule has 0 amide bonds. The summed E-state index contributed by atoms with van der Waals surface area (Å²) in [7, 11) is -3.50. The molecule has 0 spiro atoms. The summed E-state index contributed by atoms with van der Waals surface area (Å²) in [5.41, 5.74) is 6.08. The lowest BCUT2D eigenvalue weighted by Gasteiger charge is -2.25. The Bertz CT molecular complexity index is 533. The highest BCUT2D eigenvalue weighted by atomic mass is 32.2. The molecule has 6 heteroatoms. The van der Waals surface area contributed by atoms with Crippen LogP contribution in [0.15, 0.2) is 17.2 Å². The molecule has 0 aliphatic heterocycles. The van der Waals surface area contributed by atoms with E-state index in [1.807, 2.05) is 25.3 Å². The van der Waals surface area contributed by atoms with Gasteiger partial charge in [-0.15, -0.1) is 0 Å². The van der Waals surface area contributed by atoms with Crippen LogP contribution in [0, 0.1) is 0 Å². The van der Waals surface area contributed by atoms with Gasteiger partial charge in [-0.05, 0) is 32.8 Å². The molecule has 0 unspecified atom stereocenters. The molecule has 1 rings (SSSR count). The minimum absolute atomic E-state index is 0.301. The third kappa shape index (κ3) is 4.33. The molecule has 0 aliphatic carbocycles. The van der Waals surface area contributed by atoms with Crippen LogP contribution in [0.2, 0.25) is 0 Å². The maximum atomic E-state index is 12.4. The molecule has 0 saturated heterocycles. The molecule has 1 aromatic heterocycles. The van der Waals surface area contributed by atoms with E-state index in [0.717, 1.165) is 31.5 Å². The average molecular weight is 301 g/mol. The van der Waals surface area contributed by atoms with Gasteiger partial charge in [0.1, 0.15) is 0 Å². The smallest absolute Gasteiger partial charge is 0.242 e. The van der Waals surface area contributed by atoms with E-state index in [-0.39, 0.29) is 0 Å². The first-order chi connectivity index (χ1) is 9.25. The number of hydrogen-bond acceptors (Lipinski definition) is 3. The number of sulfonamides is 1. The van der Waals surface area contributed by atoms with Gasteiger partial charge in [0.15, 0.2) is 0 Å². The van der Waals surface area contributed by atoms with Crippen LogP contribution in [0.1, 0.15) is 52.7 Å². The highest BCUT2D eigenvalue weighted by Gasteiger charge is 2.26. The Morgan fingerprint density at radius 1 is 1.30 bits per heavy atom. The van der Waals surface area contributed by atoms with Crippen molar-refractivity contribution >= 4 is 10.0 Å². The monoisotopic (exact) mass is 301 g/mol. The van der Waals surface area contributed by atoms with E-state index in [2.05, 4.69) is 11.6 Å². The van der Waals surface area contributed by atoms with Gasteiger partial charge in [-0.2, -0.15) is 0 Å². The Balaban J connectivity index is 3.04. The summed E-state index contributed by atoms with van der Waals surface area (Å²) >= 11 is 0. The van der Waals surface area contributed by atoms with Crippen LogP contribution >= 0.6 is 0 Å². The number of nitrogens with two attached hydrogens (primary N) is 1. The molecule has 0 aliphatic rings. The fraction of sp³-hybridized carbons (Fsp3) is 0.714. The van der Waals surface area contributed by atoms with Crippen molar-refractivity contribution in [1.29, 1.82) is 0 Å². The molecule has 3 N–H and O–H groups in total. The van der Waals surface area contributed by atoms with Gasteiger partial charge in [0.25, 0.3) is 0 Å². The van der Waals surface area contributed by atoms with Crippen LogP contribution in [-0.4, -0.2) is 18.5 Å². The molecule has 116 valence electrons. The van der Waals surface area contributed by atoms with Gasteiger partial charge in [-0.1, -0.05) is 20.3 Å². The van der Waals surface area contributed by atoms with Crippen LogP contribution in [0.3, 0.4) is 0 Å². The van der Waals surface area contributed by atoms with Gasteiger partial charge in [-0.3, -0.25) is 0 Å². The van der Waals surface area contributed by atoms with E-state index in [4.69, 9.17) is 5.73 Å². The van der Waals surface area contributed by atoms with Gasteiger partial charge in [0.2, 0.25) is 10.0 Å². The summed E-state index contributed by atoms with van der Waals surface area (Å²) in [5, 5.41) is 0. The zero-order valence-corrected chi connectivity index (χ0v) is 13.8. The minimum Gasteiger partial charge on any atom is -0.349 e. The van der Waals surface area contributed by atoms with E-state index < -0.39 is 15.6 Å². The number of nitrogens with one attached hydrogen (secondary N) is 1. The maximum absolute atomic E-state index is 12.4.